The quantitative estimate of drug-likeness (QED) is 0.360. The van der Waals surface area contributed by atoms with Gasteiger partial charge in [0.2, 0.25) is 0 Å². The molecule has 0 N–H and O–H groups in total. The molecule has 0 atom stereocenters. The summed E-state index contributed by atoms with van der Waals surface area (Å²) in [4.78, 5) is 29.5. The summed E-state index contributed by atoms with van der Waals surface area (Å²) >= 11 is 2.60. The van der Waals surface area contributed by atoms with Gasteiger partial charge >= 0.3 is 0 Å². The highest BCUT2D eigenvalue weighted by Crippen LogP contribution is 2.42. The molecule has 0 aromatic heterocycles. The zero-order chi connectivity index (χ0) is 19.7. The predicted octanol–water partition coefficient (Wildman–Crippen LogP) is 5.96. The molecule has 0 fully saturated rings. The van der Waals surface area contributed by atoms with E-state index in [0.717, 1.165) is 16.2 Å². The van der Waals surface area contributed by atoms with Crippen LogP contribution < -0.4 is 0 Å². The van der Waals surface area contributed by atoms with Crippen molar-refractivity contribution in [2.45, 2.75) is 47.1 Å². The number of carbonyl (C=O) groups is 2. The van der Waals surface area contributed by atoms with Crippen LogP contribution in [0.5, 0.6) is 0 Å². The van der Waals surface area contributed by atoms with E-state index in [1.807, 2.05) is 70.2 Å². The Morgan fingerprint density at radius 2 is 1.73 bits per heavy atom. The highest BCUT2D eigenvalue weighted by atomic mass is 32.2. The number of imide groups is 1. The summed E-state index contributed by atoms with van der Waals surface area (Å²) in [6.07, 6.45) is 14.4. The molecular formula is C21H27NO2S2. The average molecular weight is 390 g/mol. The molecular weight excluding hydrogens is 362 g/mol. The number of carbonyl (C=O) groups excluding carboxylic acids is 2. The second kappa shape index (κ2) is 11.1. The second-order valence-electron chi connectivity index (χ2n) is 5.90. The fourth-order valence-corrected chi connectivity index (χ4v) is 3.99. The number of thioether (sulfide) groups is 2. The van der Waals surface area contributed by atoms with Crippen molar-refractivity contribution < 1.29 is 9.59 Å². The highest BCUT2D eigenvalue weighted by molar-refractivity contribution is 8.11. The SMILES string of the molecule is C=C(/C=C\C=C/C)SC1=C(S/C(C)=C/C=C\CC)C(=O)N(C(C)C)C1=O. The van der Waals surface area contributed by atoms with Gasteiger partial charge in [-0.2, -0.15) is 0 Å². The van der Waals surface area contributed by atoms with Gasteiger partial charge in [-0.3, -0.25) is 14.5 Å². The van der Waals surface area contributed by atoms with Crippen LogP contribution in [0.25, 0.3) is 0 Å². The van der Waals surface area contributed by atoms with Crippen molar-refractivity contribution in [1.82, 2.24) is 4.90 Å². The van der Waals surface area contributed by atoms with Gasteiger partial charge in [0, 0.05) is 10.9 Å². The van der Waals surface area contributed by atoms with Crippen LogP contribution in [0, 0.1) is 0 Å². The zero-order valence-corrected chi connectivity index (χ0v) is 17.7. The van der Waals surface area contributed by atoms with E-state index in [9.17, 15) is 9.59 Å². The lowest BCUT2D eigenvalue weighted by Gasteiger charge is -2.19. The maximum atomic E-state index is 12.8. The Bertz CT molecular complexity index is 710. The Morgan fingerprint density at radius 3 is 2.27 bits per heavy atom. The summed E-state index contributed by atoms with van der Waals surface area (Å²) in [5.74, 6) is -0.468. The Balaban J connectivity index is 3.15. The first kappa shape index (κ1) is 22.3. The van der Waals surface area contributed by atoms with Crippen molar-refractivity contribution in [3.8, 4) is 0 Å². The Labute approximate surface area is 165 Å². The lowest BCUT2D eigenvalue weighted by atomic mass is 10.3. The van der Waals surface area contributed by atoms with E-state index in [-0.39, 0.29) is 17.9 Å². The smallest absolute Gasteiger partial charge is 0.269 e. The van der Waals surface area contributed by atoms with Crippen molar-refractivity contribution in [2.24, 2.45) is 0 Å². The van der Waals surface area contributed by atoms with Gasteiger partial charge in [0.25, 0.3) is 11.8 Å². The van der Waals surface area contributed by atoms with Crippen LogP contribution in [0.4, 0.5) is 0 Å². The molecule has 1 aliphatic heterocycles. The van der Waals surface area contributed by atoms with Gasteiger partial charge < -0.3 is 0 Å². The molecule has 0 aromatic carbocycles. The van der Waals surface area contributed by atoms with Crippen molar-refractivity contribution in [3.05, 3.63) is 68.7 Å². The molecule has 2 amide bonds. The average Bonchev–Trinajstić information content (AvgIpc) is 2.79. The van der Waals surface area contributed by atoms with E-state index in [1.54, 1.807) is 0 Å². The summed E-state index contributed by atoms with van der Waals surface area (Å²) in [5, 5.41) is 0. The first-order valence-corrected chi connectivity index (χ1v) is 10.3. The lowest BCUT2D eigenvalue weighted by molar-refractivity contribution is -0.138. The summed E-state index contributed by atoms with van der Waals surface area (Å²) in [6, 6.07) is -0.181. The standard InChI is InChI=1S/C21H27NO2S2/c1-7-9-11-13-16(5)25-18-19(26-17(6)14-12-10-8-2)21(24)22(15(3)4)20(18)23/h7,9-15H,5,8H2,1-4,6H3/b9-7-,12-10-,13-11-,17-14+. The minimum absolute atomic E-state index is 0.181. The number of nitrogens with zero attached hydrogens (tertiary/aromatic N) is 1. The maximum Gasteiger partial charge on any atom is 0.269 e. The van der Waals surface area contributed by atoms with Crippen molar-refractivity contribution in [3.63, 3.8) is 0 Å². The molecule has 26 heavy (non-hydrogen) atoms. The van der Waals surface area contributed by atoms with Crippen LogP contribution >= 0.6 is 23.5 Å². The molecule has 0 saturated carbocycles. The Morgan fingerprint density at radius 1 is 1.12 bits per heavy atom. The molecule has 0 spiro atoms. The number of allylic oxidation sites excluding steroid dienone is 8. The van der Waals surface area contributed by atoms with Crippen LogP contribution in [-0.2, 0) is 9.59 Å². The van der Waals surface area contributed by atoms with Gasteiger partial charge in [-0.15, -0.1) is 0 Å². The summed E-state index contributed by atoms with van der Waals surface area (Å²) in [7, 11) is 0. The largest absolute Gasteiger partial charge is 0.271 e. The molecule has 1 aliphatic rings. The van der Waals surface area contributed by atoms with Crippen LogP contribution in [-0.4, -0.2) is 22.8 Å². The van der Waals surface area contributed by atoms with E-state index < -0.39 is 0 Å². The number of hydrogen-bond donors (Lipinski definition) is 0. The number of amides is 2. The molecule has 1 heterocycles. The van der Waals surface area contributed by atoms with Crippen LogP contribution in [0.1, 0.15) is 41.0 Å². The van der Waals surface area contributed by atoms with E-state index in [1.165, 1.54) is 28.4 Å². The van der Waals surface area contributed by atoms with Gasteiger partial charge in [0.05, 0.1) is 9.81 Å². The molecule has 0 aliphatic carbocycles. The van der Waals surface area contributed by atoms with E-state index in [4.69, 9.17) is 0 Å². The molecule has 0 unspecified atom stereocenters. The molecule has 1 rings (SSSR count). The maximum absolute atomic E-state index is 12.8. The minimum atomic E-state index is -0.241. The van der Waals surface area contributed by atoms with Crippen LogP contribution in [0.3, 0.4) is 0 Å². The molecule has 3 nitrogen and oxygen atoms in total. The Hall–Kier alpha value is -1.72. The normalized spacial score (nSPS) is 16.5. The second-order valence-corrected chi connectivity index (χ2v) is 8.29. The predicted molar refractivity (Wildman–Crippen MR) is 115 cm³/mol. The third-order valence-electron chi connectivity index (χ3n) is 3.33. The zero-order valence-electron chi connectivity index (χ0n) is 16.1. The molecule has 0 aromatic rings. The lowest BCUT2D eigenvalue weighted by Crippen LogP contribution is -2.37. The topological polar surface area (TPSA) is 37.4 Å². The van der Waals surface area contributed by atoms with E-state index >= 15 is 0 Å². The summed E-state index contributed by atoms with van der Waals surface area (Å²) in [6.45, 7) is 13.6. The van der Waals surface area contributed by atoms with Crippen molar-refractivity contribution >= 4 is 35.3 Å². The van der Waals surface area contributed by atoms with Crippen molar-refractivity contribution in [2.75, 3.05) is 0 Å². The third-order valence-corrected chi connectivity index (χ3v) is 5.48. The fourth-order valence-electron chi connectivity index (χ4n) is 2.13. The van der Waals surface area contributed by atoms with Crippen LogP contribution in [0.15, 0.2) is 68.7 Å². The van der Waals surface area contributed by atoms with Gasteiger partial charge in [-0.25, -0.2) is 0 Å². The fraction of sp³-hybridized carbons (Fsp3) is 0.333. The number of hydrogen-bond acceptors (Lipinski definition) is 4. The van der Waals surface area contributed by atoms with E-state index in [2.05, 4.69) is 13.5 Å². The Kier molecular flexibility index (Phi) is 9.52. The van der Waals surface area contributed by atoms with Gasteiger partial charge in [0.1, 0.15) is 0 Å². The molecule has 0 saturated heterocycles. The summed E-state index contributed by atoms with van der Waals surface area (Å²) in [5.41, 5.74) is 0. The number of rotatable bonds is 9. The highest BCUT2D eigenvalue weighted by Gasteiger charge is 2.40. The minimum Gasteiger partial charge on any atom is -0.271 e. The van der Waals surface area contributed by atoms with Crippen LogP contribution in [0.2, 0.25) is 0 Å². The van der Waals surface area contributed by atoms with Gasteiger partial charge in [-0.05, 0) is 45.1 Å². The molecule has 5 heteroatoms. The third kappa shape index (κ3) is 6.22. The van der Waals surface area contributed by atoms with Gasteiger partial charge in [-0.1, -0.05) is 73.5 Å². The van der Waals surface area contributed by atoms with Crippen molar-refractivity contribution in [1.29, 1.82) is 0 Å². The van der Waals surface area contributed by atoms with Gasteiger partial charge in [0.15, 0.2) is 0 Å². The summed E-state index contributed by atoms with van der Waals surface area (Å²) < 4.78 is 0. The molecule has 0 bridgehead atoms. The first-order chi connectivity index (χ1) is 12.3. The monoisotopic (exact) mass is 389 g/mol. The van der Waals surface area contributed by atoms with E-state index in [0.29, 0.717) is 9.81 Å². The molecule has 0 radical (unpaired) electrons. The molecule has 140 valence electrons. The first-order valence-electron chi connectivity index (χ1n) is 8.63.